The molecule has 3 aromatic carbocycles. The van der Waals surface area contributed by atoms with Crippen LogP contribution >= 0.6 is 0 Å². The van der Waals surface area contributed by atoms with Crippen molar-refractivity contribution in [3.05, 3.63) is 90.0 Å². The van der Waals surface area contributed by atoms with Crippen molar-refractivity contribution in [1.82, 2.24) is 9.62 Å². The molecule has 1 aliphatic rings. The molecule has 1 heterocycles. The monoisotopic (exact) mass is 494 g/mol. The van der Waals surface area contributed by atoms with Gasteiger partial charge < -0.3 is 14.8 Å². The highest BCUT2D eigenvalue weighted by atomic mass is 32.2. The van der Waals surface area contributed by atoms with Crippen LogP contribution in [0.5, 0.6) is 11.5 Å². The van der Waals surface area contributed by atoms with Gasteiger partial charge >= 0.3 is 0 Å². The SMILES string of the molecule is Cc1ccc(S(=O)(=O)N2CCC(NC(=O)c3ccccc3OCCOc3ccccc3)CC2)cc1. The highest BCUT2D eigenvalue weighted by Crippen LogP contribution is 2.23. The van der Waals surface area contributed by atoms with Gasteiger partial charge in [0.2, 0.25) is 10.0 Å². The van der Waals surface area contributed by atoms with E-state index >= 15 is 0 Å². The molecule has 4 rings (SSSR count). The van der Waals surface area contributed by atoms with Crippen LogP contribution in [0.3, 0.4) is 0 Å². The highest BCUT2D eigenvalue weighted by molar-refractivity contribution is 7.89. The molecule has 1 saturated heterocycles. The number of aryl methyl sites for hydroxylation is 1. The van der Waals surface area contributed by atoms with Gasteiger partial charge in [0.25, 0.3) is 5.91 Å². The first-order valence-corrected chi connectivity index (χ1v) is 13.1. The number of nitrogens with zero attached hydrogens (tertiary/aromatic N) is 1. The maximum Gasteiger partial charge on any atom is 0.255 e. The van der Waals surface area contributed by atoms with E-state index in [1.165, 1.54) is 4.31 Å². The van der Waals surface area contributed by atoms with Crippen LogP contribution < -0.4 is 14.8 Å². The number of sulfonamides is 1. The number of hydrogen-bond donors (Lipinski definition) is 1. The van der Waals surface area contributed by atoms with Gasteiger partial charge in [0, 0.05) is 19.1 Å². The zero-order valence-electron chi connectivity index (χ0n) is 19.7. The third-order valence-electron chi connectivity index (χ3n) is 5.93. The summed E-state index contributed by atoms with van der Waals surface area (Å²) in [4.78, 5) is 13.3. The van der Waals surface area contributed by atoms with Crippen LogP contribution in [0.2, 0.25) is 0 Å². The van der Waals surface area contributed by atoms with Crippen molar-refractivity contribution in [3.8, 4) is 11.5 Å². The van der Waals surface area contributed by atoms with E-state index < -0.39 is 10.0 Å². The zero-order valence-corrected chi connectivity index (χ0v) is 20.5. The lowest BCUT2D eigenvalue weighted by molar-refractivity contribution is 0.0918. The third kappa shape index (κ3) is 6.41. The Hall–Kier alpha value is -3.36. The summed E-state index contributed by atoms with van der Waals surface area (Å²) in [7, 11) is -3.53. The molecule has 0 bridgehead atoms. The predicted molar refractivity (Wildman–Crippen MR) is 134 cm³/mol. The molecule has 1 fully saturated rings. The molecule has 0 radical (unpaired) electrons. The van der Waals surface area contributed by atoms with Gasteiger partial charge in [0.05, 0.1) is 10.5 Å². The van der Waals surface area contributed by atoms with Gasteiger partial charge in [0.1, 0.15) is 24.7 Å². The highest BCUT2D eigenvalue weighted by Gasteiger charge is 2.30. The summed E-state index contributed by atoms with van der Waals surface area (Å²) < 4.78 is 38.8. The number of nitrogens with one attached hydrogen (secondary N) is 1. The van der Waals surface area contributed by atoms with Crippen LogP contribution in [0.15, 0.2) is 83.8 Å². The number of carbonyl (C=O) groups excluding carboxylic acids is 1. The lowest BCUT2D eigenvalue weighted by Gasteiger charge is -2.31. The third-order valence-corrected chi connectivity index (χ3v) is 7.85. The van der Waals surface area contributed by atoms with Crippen LogP contribution in [0.1, 0.15) is 28.8 Å². The first kappa shape index (κ1) is 24.8. The fourth-order valence-electron chi connectivity index (χ4n) is 3.97. The molecule has 0 aliphatic carbocycles. The van der Waals surface area contributed by atoms with Crippen LogP contribution in [-0.4, -0.2) is 51.0 Å². The van der Waals surface area contributed by atoms with Crippen molar-refractivity contribution in [2.24, 2.45) is 0 Å². The number of piperidine rings is 1. The van der Waals surface area contributed by atoms with Gasteiger partial charge in [-0.2, -0.15) is 4.31 Å². The van der Waals surface area contributed by atoms with Crippen LogP contribution in [0.25, 0.3) is 0 Å². The van der Waals surface area contributed by atoms with E-state index in [9.17, 15) is 13.2 Å². The fraction of sp³-hybridized carbons (Fsp3) is 0.296. The molecule has 0 unspecified atom stereocenters. The average molecular weight is 495 g/mol. The topological polar surface area (TPSA) is 84.9 Å². The molecule has 184 valence electrons. The average Bonchev–Trinajstić information content (AvgIpc) is 2.88. The standard InChI is InChI=1S/C27H30N2O5S/c1-21-11-13-24(14-12-21)35(31,32)29-17-15-22(16-18-29)28-27(30)25-9-5-6-10-26(25)34-20-19-33-23-7-3-2-4-8-23/h2-14,22H,15-20H2,1H3,(H,28,30). The molecule has 3 aromatic rings. The summed E-state index contributed by atoms with van der Waals surface area (Å²) in [6.45, 7) is 3.29. The second-order valence-electron chi connectivity index (χ2n) is 8.47. The van der Waals surface area contributed by atoms with E-state index in [1.54, 1.807) is 42.5 Å². The summed E-state index contributed by atoms with van der Waals surface area (Å²) in [6.07, 6.45) is 1.09. The number of carbonyl (C=O) groups is 1. The van der Waals surface area contributed by atoms with E-state index in [0.29, 0.717) is 55.4 Å². The Balaban J connectivity index is 1.29. The van der Waals surface area contributed by atoms with Gasteiger partial charge in [-0.3, -0.25) is 4.79 Å². The molecular weight excluding hydrogens is 464 g/mol. The molecule has 1 amide bonds. The molecule has 0 spiro atoms. The number of benzene rings is 3. The maximum atomic E-state index is 13.0. The van der Waals surface area contributed by atoms with Crippen molar-refractivity contribution >= 4 is 15.9 Å². The van der Waals surface area contributed by atoms with Crippen molar-refractivity contribution < 1.29 is 22.7 Å². The first-order valence-electron chi connectivity index (χ1n) is 11.7. The van der Waals surface area contributed by atoms with E-state index in [0.717, 1.165) is 11.3 Å². The number of hydrogen-bond acceptors (Lipinski definition) is 5. The normalized spacial score (nSPS) is 14.9. The van der Waals surface area contributed by atoms with Crippen LogP contribution in [0.4, 0.5) is 0 Å². The lowest BCUT2D eigenvalue weighted by Crippen LogP contribution is -2.46. The summed E-state index contributed by atoms with van der Waals surface area (Å²) in [5.41, 5.74) is 1.46. The molecular formula is C27H30N2O5S. The van der Waals surface area contributed by atoms with Gasteiger partial charge in [-0.1, -0.05) is 48.0 Å². The summed E-state index contributed by atoms with van der Waals surface area (Å²) in [6, 6.07) is 23.3. The molecule has 35 heavy (non-hydrogen) atoms. The fourth-order valence-corrected chi connectivity index (χ4v) is 5.44. The minimum atomic E-state index is -3.53. The second-order valence-corrected chi connectivity index (χ2v) is 10.4. The van der Waals surface area contributed by atoms with Crippen LogP contribution in [0, 0.1) is 6.92 Å². The van der Waals surface area contributed by atoms with E-state index in [2.05, 4.69) is 5.32 Å². The summed E-state index contributed by atoms with van der Waals surface area (Å²) >= 11 is 0. The van der Waals surface area contributed by atoms with Crippen molar-refractivity contribution in [1.29, 1.82) is 0 Å². The number of para-hydroxylation sites is 2. The predicted octanol–water partition coefficient (Wildman–Crippen LogP) is 4.04. The maximum absolute atomic E-state index is 13.0. The van der Waals surface area contributed by atoms with E-state index in [1.807, 2.05) is 43.3 Å². The van der Waals surface area contributed by atoms with Gasteiger partial charge in [-0.05, 0) is 56.2 Å². The van der Waals surface area contributed by atoms with Crippen molar-refractivity contribution in [2.45, 2.75) is 30.7 Å². The lowest BCUT2D eigenvalue weighted by atomic mass is 10.1. The quantitative estimate of drug-likeness (QED) is 0.454. The molecule has 0 atom stereocenters. The van der Waals surface area contributed by atoms with Gasteiger partial charge in [0.15, 0.2) is 0 Å². The number of ether oxygens (including phenoxy) is 2. The molecule has 0 aromatic heterocycles. The Labute approximate surface area is 206 Å². The molecule has 8 heteroatoms. The largest absolute Gasteiger partial charge is 0.490 e. The Morgan fingerprint density at radius 1 is 0.886 bits per heavy atom. The minimum Gasteiger partial charge on any atom is -0.490 e. The van der Waals surface area contributed by atoms with E-state index in [-0.39, 0.29) is 11.9 Å². The molecule has 7 nitrogen and oxygen atoms in total. The Morgan fingerprint density at radius 3 is 2.23 bits per heavy atom. The molecule has 1 aliphatic heterocycles. The number of amides is 1. The van der Waals surface area contributed by atoms with Crippen molar-refractivity contribution in [2.75, 3.05) is 26.3 Å². The minimum absolute atomic E-state index is 0.110. The van der Waals surface area contributed by atoms with Gasteiger partial charge in [-0.15, -0.1) is 0 Å². The summed E-state index contributed by atoms with van der Waals surface area (Å²) in [5, 5.41) is 3.04. The summed E-state index contributed by atoms with van der Waals surface area (Å²) in [5.74, 6) is 1.02. The molecule has 0 saturated carbocycles. The second kappa shape index (κ2) is 11.4. The van der Waals surface area contributed by atoms with Gasteiger partial charge in [-0.25, -0.2) is 8.42 Å². The van der Waals surface area contributed by atoms with Crippen molar-refractivity contribution in [3.63, 3.8) is 0 Å². The Bertz CT molecular complexity index is 1220. The Morgan fingerprint density at radius 2 is 1.51 bits per heavy atom. The smallest absolute Gasteiger partial charge is 0.255 e. The Kier molecular flexibility index (Phi) is 8.05. The molecule has 1 N–H and O–H groups in total. The number of rotatable bonds is 9. The van der Waals surface area contributed by atoms with Crippen LogP contribution in [-0.2, 0) is 10.0 Å². The zero-order chi connectivity index (χ0) is 24.7. The van der Waals surface area contributed by atoms with E-state index in [4.69, 9.17) is 9.47 Å². The first-order chi connectivity index (χ1) is 16.9.